The van der Waals surface area contributed by atoms with E-state index in [0.29, 0.717) is 25.0 Å². The van der Waals surface area contributed by atoms with E-state index in [9.17, 15) is 13.6 Å². The highest BCUT2D eigenvalue weighted by Gasteiger charge is 2.30. The summed E-state index contributed by atoms with van der Waals surface area (Å²) in [6.45, 7) is 3.04. The Kier molecular flexibility index (Phi) is 7.28. The first-order valence-electron chi connectivity index (χ1n) is 11.5. The third-order valence-corrected chi connectivity index (χ3v) is 6.67. The molecule has 1 saturated heterocycles. The van der Waals surface area contributed by atoms with Crippen molar-refractivity contribution in [3.63, 3.8) is 0 Å². The number of pyridine rings is 1. The average molecular weight is 428 g/mol. The molecule has 1 amide bonds. The van der Waals surface area contributed by atoms with E-state index in [1.807, 2.05) is 12.1 Å². The predicted octanol–water partition coefficient (Wildman–Crippen LogP) is 5.05. The number of hydrogen-bond donors (Lipinski definition) is 0. The van der Waals surface area contributed by atoms with Gasteiger partial charge in [-0.05, 0) is 61.9 Å². The summed E-state index contributed by atoms with van der Waals surface area (Å²) in [5, 5.41) is 0. The second kappa shape index (κ2) is 10.3. The lowest BCUT2D eigenvalue weighted by Gasteiger charge is -2.41. The van der Waals surface area contributed by atoms with E-state index in [1.165, 1.54) is 38.2 Å². The molecule has 0 bridgehead atoms. The average Bonchev–Trinajstić information content (AvgIpc) is 2.80. The third kappa shape index (κ3) is 5.67. The zero-order valence-corrected chi connectivity index (χ0v) is 18.0. The fraction of sp³-hybridized carbons (Fsp3) is 0.520. The summed E-state index contributed by atoms with van der Waals surface area (Å²) in [6, 6.07) is 7.59. The first-order chi connectivity index (χ1) is 15.1. The molecule has 0 radical (unpaired) electrons. The number of piperidine rings is 1. The molecule has 31 heavy (non-hydrogen) atoms. The summed E-state index contributed by atoms with van der Waals surface area (Å²) in [7, 11) is 0. The molecule has 1 aliphatic heterocycles. The van der Waals surface area contributed by atoms with E-state index in [4.69, 9.17) is 0 Å². The Balaban J connectivity index is 1.50. The molecule has 0 N–H and O–H groups in total. The minimum atomic E-state index is -0.811. The van der Waals surface area contributed by atoms with Crippen molar-refractivity contribution in [3.8, 4) is 0 Å². The second-order valence-electron chi connectivity index (χ2n) is 8.97. The maximum Gasteiger partial charge on any atom is 0.257 e. The number of likely N-dealkylation sites (tertiary alicyclic amines) is 1. The van der Waals surface area contributed by atoms with E-state index >= 15 is 0 Å². The summed E-state index contributed by atoms with van der Waals surface area (Å²) >= 11 is 0. The molecule has 0 unspecified atom stereocenters. The molecule has 166 valence electrons. The molecule has 2 heterocycles. The largest absolute Gasteiger partial charge is 0.334 e. The van der Waals surface area contributed by atoms with Crippen LogP contribution in [0.15, 0.2) is 42.7 Å². The smallest absolute Gasteiger partial charge is 0.257 e. The van der Waals surface area contributed by atoms with Gasteiger partial charge in [0.15, 0.2) is 0 Å². The summed E-state index contributed by atoms with van der Waals surface area (Å²) in [4.78, 5) is 21.7. The predicted molar refractivity (Wildman–Crippen MR) is 117 cm³/mol. The van der Waals surface area contributed by atoms with Crippen LogP contribution in [0.3, 0.4) is 0 Å². The van der Waals surface area contributed by atoms with Crippen LogP contribution in [0.5, 0.6) is 0 Å². The van der Waals surface area contributed by atoms with Crippen LogP contribution in [0.1, 0.15) is 60.9 Å². The Morgan fingerprint density at radius 2 is 1.94 bits per heavy atom. The topological polar surface area (TPSA) is 36.4 Å². The number of carbonyl (C=O) groups excluding carboxylic acids is 1. The zero-order valence-electron chi connectivity index (χ0n) is 18.0. The maximum atomic E-state index is 14.4. The minimum absolute atomic E-state index is 0.0785. The normalized spacial score (nSPS) is 20.5. The molecule has 1 aromatic heterocycles. The van der Waals surface area contributed by atoms with Gasteiger partial charge in [-0.25, -0.2) is 8.78 Å². The van der Waals surface area contributed by atoms with Crippen LogP contribution >= 0.6 is 0 Å². The molecule has 2 aliphatic rings. The van der Waals surface area contributed by atoms with Gasteiger partial charge in [0.05, 0.1) is 5.56 Å². The minimum Gasteiger partial charge on any atom is -0.334 e. The van der Waals surface area contributed by atoms with Crippen LogP contribution in [0.25, 0.3) is 0 Å². The molecule has 4 nitrogen and oxygen atoms in total. The molecular formula is C25H31F2N3O. The number of benzene rings is 1. The first-order valence-corrected chi connectivity index (χ1v) is 11.5. The van der Waals surface area contributed by atoms with Gasteiger partial charge in [0.2, 0.25) is 0 Å². The molecule has 0 spiro atoms. The van der Waals surface area contributed by atoms with Gasteiger partial charge in [-0.15, -0.1) is 0 Å². The van der Waals surface area contributed by atoms with Crippen LogP contribution in [-0.4, -0.2) is 46.4 Å². The number of nitrogens with zero attached hydrogens (tertiary/aromatic N) is 3. The Morgan fingerprint density at radius 1 is 1.10 bits per heavy atom. The molecule has 1 saturated carbocycles. The van der Waals surface area contributed by atoms with Gasteiger partial charge in [0.25, 0.3) is 5.91 Å². The lowest BCUT2D eigenvalue weighted by molar-refractivity contribution is 0.0580. The van der Waals surface area contributed by atoms with Gasteiger partial charge < -0.3 is 9.80 Å². The Morgan fingerprint density at radius 3 is 2.68 bits per heavy atom. The number of rotatable bonds is 6. The number of aromatic nitrogens is 1. The van der Waals surface area contributed by atoms with Gasteiger partial charge >= 0.3 is 0 Å². The number of halogens is 2. The fourth-order valence-corrected chi connectivity index (χ4v) is 5.10. The van der Waals surface area contributed by atoms with Crippen LogP contribution in [0.2, 0.25) is 0 Å². The monoisotopic (exact) mass is 427 g/mol. The molecule has 4 rings (SSSR count). The van der Waals surface area contributed by atoms with Gasteiger partial charge in [-0.1, -0.05) is 25.3 Å². The summed E-state index contributed by atoms with van der Waals surface area (Å²) in [6.07, 6.45) is 12.1. The molecule has 1 aliphatic carbocycles. The van der Waals surface area contributed by atoms with Gasteiger partial charge in [-0.3, -0.25) is 9.78 Å². The SMILES string of the molecule is O=C(c1ccc(F)cc1F)N(Cc1cccnc1)C[C@@H]1CCCN(C2CCCCC2)C1. The highest BCUT2D eigenvalue weighted by Crippen LogP contribution is 2.28. The van der Waals surface area contributed by atoms with Gasteiger partial charge in [0, 0.05) is 44.1 Å². The molecule has 2 fully saturated rings. The number of amides is 1. The molecule has 2 aromatic rings. The van der Waals surface area contributed by atoms with Gasteiger partial charge in [-0.2, -0.15) is 0 Å². The van der Waals surface area contributed by atoms with E-state index in [1.54, 1.807) is 17.3 Å². The van der Waals surface area contributed by atoms with E-state index in [0.717, 1.165) is 43.6 Å². The van der Waals surface area contributed by atoms with Crippen LogP contribution in [0.4, 0.5) is 8.78 Å². The third-order valence-electron chi connectivity index (χ3n) is 6.67. The highest BCUT2D eigenvalue weighted by atomic mass is 19.1. The van der Waals surface area contributed by atoms with Crippen molar-refractivity contribution in [2.24, 2.45) is 5.92 Å². The lowest BCUT2D eigenvalue weighted by Crippen LogP contribution is -2.47. The Hall–Kier alpha value is -2.34. The number of hydrogen-bond acceptors (Lipinski definition) is 3. The lowest BCUT2D eigenvalue weighted by atomic mass is 9.90. The van der Waals surface area contributed by atoms with Gasteiger partial charge in [0.1, 0.15) is 11.6 Å². The summed E-state index contributed by atoms with van der Waals surface area (Å²) in [5.41, 5.74) is 0.823. The van der Waals surface area contributed by atoms with Crippen LogP contribution < -0.4 is 0 Å². The molecule has 1 aromatic carbocycles. The van der Waals surface area contributed by atoms with Crippen molar-refractivity contribution in [1.29, 1.82) is 0 Å². The highest BCUT2D eigenvalue weighted by molar-refractivity contribution is 5.94. The van der Waals surface area contributed by atoms with E-state index < -0.39 is 17.5 Å². The van der Waals surface area contributed by atoms with Crippen molar-refractivity contribution in [3.05, 3.63) is 65.5 Å². The summed E-state index contributed by atoms with van der Waals surface area (Å²) in [5.74, 6) is -1.53. The maximum absolute atomic E-state index is 14.4. The van der Waals surface area contributed by atoms with Crippen molar-refractivity contribution in [2.75, 3.05) is 19.6 Å². The zero-order chi connectivity index (χ0) is 21.6. The standard InChI is InChI=1S/C25H31F2N3O/c26-21-10-11-23(24(27)14-21)25(31)30(16-19-6-4-12-28-15-19)18-20-7-5-13-29(17-20)22-8-2-1-3-9-22/h4,6,10-12,14-15,20,22H,1-3,5,7-9,13,16-18H2/t20-/m1/s1. The molecular weight excluding hydrogens is 396 g/mol. The fourth-order valence-electron chi connectivity index (χ4n) is 5.10. The van der Waals surface area contributed by atoms with Crippen molar-refractivity contribution in [2.45, 2.75) is 57.5 Å². The van der Waals surface area contributed by atoms with Crippen LogP contribution in [0, 0.1) is 17.6 Å². The number of carbonyl (C=O) groups is 1. The Labute approximate surface area is 183 Å². The summed E-state index contributed by atoms with van der Waals surface area (Å²) < 4.78 is 27.7. The van der Waals surface area contributed by atoms with Crippen LogP contribution in [-0.2, 0) is 6.54 Å². The second-order valence-corrected chi connectivity index (χ2v) is 8.97. The van der Waals surface area contributed by atoms with E-state index in [2.05, 4.69) is 9.88 Å². The van der Waals surface area contributed by atoms with Crippen molar-refractivity contribution >= 4 is 5.91 Å². The Bertz CT molecular complexity index is 870. The molecule has 6 heteroatoms. The van der Waals surface area contributed by atoms with Crippen molar-refractivity contribution < 1.29 is 13.6 Å². The molecule has 1 atom stereocenters. The van der Waals surface area contributed by atoms with E-state index in [-0.39, 0.29) is 5.56 Å². The quantitative estimate of drug-likeness (QED) is 0.648. The van der Waals surface area contributed by atoms with Crippen molar-refractivity contribution in [1.82, 2.24) is 14.8 Å². The first kappa shape index (κ1) is 21.9.